The number of hydrogen-bond donors (Lipinski definition) is 0. The first kappa shape index (κ1) is 11.8. The number of rotatable bonds is 1. The van der Waals surface area contributed by atoms with Gasteiger partial charge in [0.25, 0.3) is 0 Å². The minimum atomic E-state index is 0.0633. The molecule has 1 unspecified atom stereocenters. The van der Waals surface area contributed by atoms with Crippen LogP contribution in [0.25, 0.3) is 0 Å². The summed E-state index contributed by atoms with van der Waals surface area (Å²) in [5.74, 6) is 0.572. The lowest BCUT2D eigenvalue weighted by atomic mass is 9.92. The number of amides is 1. The van der Waals surface area contributed by atoms with E-state index in [0.29, 0.717) is 5.92 Å². The Labute approximate surface area is 101 Å². The average Bonchev–Trinajstić information content (AvgIpc) is 2.26. The number of carbonyl (C=O) groups excluding carboxylic acids is 2. The summed E-state index contributed by atoms with van der Waals surface area (Å²) in [5, 5.41) is 0. The maximum Gasteiger partial charge on any atom is 0.223 e. The summed E-state index contributed by atoms with van der Waals surface area (Å²) < 4.78 is 0. The van der Waals surface area contributed by atoms with Gasteiger partial charge in [-0.25, -0.2) is 0 Å². The Bertz CT molecular complexity index is 479. The minimum Gasteiger partial charge on any atom is -0.312 e. The molecule has 0 saturated carbocycles. The van der Waals surface area contributed by atoms with E-state index in [2.05, 4.69) is 6.92 Å². The molecule has 0 spiro atoms. The van der Waals surface area contributed by atoms with Crippen molar-refractivity contribution in [3.8, 4) is 0 Å². The highest BCUT2D eigenvalue weighted by molar-refractivity contribution is 5.97. The van der Waals surface area contributed by atoms with E-state index in [1.807, 2.05) is 12.1 Å². The highest BCUT2D eigenvalue weighted by Crippen LogP contribution is 2.30. The summed E-state index contributed by atoms with van der Waals surface area (Å²) >= 11 is 0. The molecule has 1 heterocycles. The van der Waals surface area contributed by atoms with Gasteiger partial charge in [-0.1, -0.05) is 6.92 Å². The van der Waals surface area contributed by atoms with Crippen LogP contribution in [0.5, 0.6) is 0 Å². The van der Waals surface area contributed by atoms with Gasteiger partial charge in [-0.2, -0.15) is 0 Å². The van der Waals surface area contributed by atoms with Crippen molar-refractivity contribution in [2.24, 2.45) is 5.92 Å². The SMILES string of the molecule is CC(=O)c1ccc2c(c1)CC(C)CN2C(C)=O. The van der Waals surface area contributed by atoms with Crippen molar-refractivity contribution < 1.29 is 9.59 Å². The van der Waals surface area contributed by atoms with Gasteiger partial charge in [-0.05, 0) is 43.0 Å². The number of Topliss-reactive ketones (excluding diaryl/α,β-unsaturated/α-hetero) is 1. The Kier molecular flexibility index (Phi) is 3.01. The second-order valence-corrected chi connectivity index (χ2v) is 4.84. The van der Waals surface area contributed by atoms with Crippen LogP contribution in [-0.4, -0.2) is 18.2 Å². The van der Waals surface area contributed by atoms with E-state index in [4.69, 9.17) is 0 Å². The van der Waals surface area contributed by atoms with Crippen LogP contribution >= 0.6 is 0 Å². The van der Waals surface area contributed by atoms with Gasteiger partial charge >= 0.3 is 0 Å². The fourth-order valence-corrected chi connectivity index (χ4v) is 2.38. The lowest BCUT2D eigenvalue weighted by Crippen LogP contribution is -2.37. The van der Waals surface area contributed by atoms with Crippen molar-refractivity contribution >= 4 is 17.4 Å². The van der Waals surface area contributed by atoms with Crippen LogP contribution < -0.4 is 4.90 Å². The van der Waals surface area contributed by atoms with E-state index in [1.165, 1.54) is 0 Å². The Balaban J connectivity index is 2.47. The first-order valence-corrected chi connectivity index (χ1v) is 5.91. The van der Waals surface area contributed by atoms with Crippen LogP contribution in [0.1, 0.15) is 36.7 Å². The number of ketones is 1. The monoisotopic (exact) mass is 231 g/mol. The van der Waals surface area contributed by atoms with Gasteiger partial charge in [-0.3, -0.25) is 9.59 Å². The van der Waals surface area contributed by atoms with Gasteiger partial charge in [0.2, 0.25) is 5.91 Å². The number of benzene rings is 1. The molecule has 3 nitrogen and oxygen atoms in total. The van der Waals surface area contributed by atoms with E-state index in [9.17, 15) is 9.59 Å². The third-order valence-corrected chi connectivity index (χ3v) is 3.22. The minimum absolute atomic E-state index is 0.0633. The van der Waals surface area contributed by atoms with Crippen molar-refractivity contribution in [2.45, 2.75) is 27.2 Å². The predicted molar refractivity (Wildman–Crippen MR) is 67.3 cm³/mol. The molecule has 1 aromatic rings. The van der Waals surface area contributed by atoms with Crippen LogP contribution in [0, 0.1) is 5.92 Å². The topological polar surface area (TPSA) is 37.4 Å². The Morgan fingerprint density at radius 1 is 1.29 bits per heavy atom. The summed E-state index contributed by atoms with van der Waals surface area (Å²) in [4.78, 5) is 24.7. The zero-order valence-electron chi connectivity index (χ0n) is 10.5. The lowest BCUT2D eigenvalue weighted by Gasteiger charge is -2.32. The summed E-state index contributed by atoms with van der Waals surface area (Å²) in [5.41, 5.74) is 2.79. The van der Waals surface area contributed by atoms with Gasteiger partial charge in [0, 0.05) is 24.7 Å². The molecule has 1 atom stereocenters. The van der Waals surface area contributed by atoms with Crippen LogP contribution in [0.15, 0.2) is 18.2 Å². The van der Waals surface area contributed by atoms with Crippen molar-refractivity contribution in [3.63, 3.8) is 0 Å². The largest absolute Gasteiger partial charge is 0.312 e. The Morgan fingerprint density at radius 2 is 2.00 bits per heavy atom. The third kappa shape index (κ3) is 2.23. The number of anilines is 1. The molecule has 17 heavy (non-hydrogen) atoms. The van der Waals surface area contributed by atoms with Gasteiger partial charge < -0.3 is 4.90 Å². The van der Waals surface area contributed by atoms with Crippen molar-refractivity contribution in [1.82, 2.24) is 0 Å². The number of fused-ring (bicyclic) bond motifs is 1. The average molecular weight is 231 g/mol. The maximum atomic E-state index is 11.6. The lowest BCUT2D eigenvalue weighted by molar-refractivity contribution is -0.116. The van der Waals surface area contributed by atoms with Crippen LogP contribution in [-0.2, 0) is 11.2 Å². The Morgan fingerprint density at radius 3 is 2.59 bits per heavy atom. The zero-order chi connectivity index (χ0) is 12.6. The second kappa shape index (κ2) is 4.32. The quantitative estimate of drug-likeness (QED) is 0.696. The van der Waals surface area contributed by atoms with E-state index in [0.717, 1.165) is 29.8 Å². The molecule has 0 radical (unpaired) electrons. The first-order chi connectivity index (χ1) is 7.99. The summed E-state index contributed by atoms with van der Waals surface area (Å²) in [6.07, 6.45) is 0.931. The Hall–Kier alpha value is -1.64. The predicted octanol–water partition coefficient (Wildman–Crippen LogP) is 2.43. The molecular weight excluding hydrogens is 214 g/mol. The zero-order valence-corrected chi connectivity index (χ0v) is 10.5. The normalized spacial score (nSPS) is 18.8. The fraction of sp³-hybridized carbons (Fsp3) is 0.429. The molecule has 0 bridgehead atoms. The number of carbonyl (C=O) groups is 2. The molecular formula is C14H17NO2. The standard InChI is InChI=1S/C14H17NO2/c1-9-6-13-7-12(10(2)16)4-5-14(13)15(8-9)11(3)17/h4-5,7,9H,6,8H2,1-3H3. The molecule has 2 rings (SSSR count). The highest BCUT2D eigenvalue weighted by Gasteiger charge is 2.24. The second-order valence-electron chi connectivity index (χ2n) is 4.84. The molecule has 0 fully saturated rings. The summed E-state index contributed by atoms with van der Waals surface area (Å²) in [6, 6.07) is 5.61. The maximum absolute atomic E-state index is 11.6. The van der Waals surface area contributed by atoms with E-state index < -0.39 is 0 Å². The van der Waals surface area contributed by atoms with Gasteiger partial charge in [0.1, 0.15) is 0 Å². The van der Waals surface area contributed by atoms with E-state index in [1.54, 1.807) is 24.8 Å². The molecule has 0 aliphatic carbocycles. The van der Waals surface area contributed by atoms with Crippen molar-refractivity contribution in [1.29, 1.82) is 0 Å². The molecule has 1 aliphatic rings. The fourth-order valence-electron chi connectivity index (χ4n) is 2.38. The summed E-state index contributed by atoms with van der Waals surface area (Å²) in [7, 11) is 0. The van der Waals surface area contributed by atoms with Gasteiger partial charge in [0.15, 0.2) is 5.78 Å². The molecule has 1 amide bonds. The number of nitrogens with zero attached hydrogens (tertiary/aromatic N) is 1. The molecule has 90 valence electrons. The van der Waals surface area contributed by atoms with E-state index in [-0.39, 0.29) is 11.7 Å². The van der Waals surface area contributed by atoms with Crippen LogP contribution in [0.3, 0.4) is 0 Å². The first-order valence-electron chi connectivity index (χ1n) is 5.91. The molecule has 3 heteroatoms. The summed E-state index contributed by atoms with van der Waals surface area (Å²) in [6.45, 7) is 6.04. The van der Waals surface area contributed by atoms with E-state index >= 15 is 0 Å². The van der Waals surface area contributed by atoms with Crippen LogP contribution in [0.4, 0.5) is 5.69 Å². The smallest absolute Gasteiger partial charge is 0.223 e. The molecule has 1 aromatic carbocycles. The van der Waals surface area contributed by atoms with Crippen LogP contribution in [0.2, 0.25) is 0 Å². The van der Waals surface area contributed by atoms with Crippen molar-refractivity contribution in [3.05, 3.63) is 29.3 Å². The van der Waals surface area contributed by atoms with Crippen molar-refractivity contribution in [2.75, 3.05) is 11.4 Å². The molecule has 1 aliphatic heterocycles. The van der Waals surface area contributed by atoms with Gasteiger partial charge in [-0.15, -0.1) is 0 Å². The molecule has 0 saturated heterocycles. The number of hydrogen-bond acceptors (Lipinski definition) is 2. The molecule has 0 aromatic heterocycles. The highest BCUT2D eigenvalue weighted by atomic mass is 16.2. The molecule has 0 N–H and O–H groups in total. The van der Waals surface area contributed by atoms with Gasteiger partial charge in [0.05, 0.1) is 0 Å². The third-order valence-electron chi connectivity index (χ3n) is 3.22.